The zero-order valence-electron chi connectivity index (χ0n) is 15.0. The summed E-state index contributed by atoms with van der Waals surface area (Å²) in [5.41, 5.74) is 5.68. The van der Waals surface area contributed by atoms with E-state index in [9.17, 15) is 4.79 Å². The number of rotatable bonds is 3. The van der Waals surface area contributed by atoms with E-state index in [1.54, 1.807) is 11.3 Å². The highest BCUT2D eigenvalue weighted by Gasteiger charge is 2.13. The van der Waals surface area contributed by atoms with Crippen molar-refractivity contribution in [3.63, 3.8) is 0 Å². The molecular weight excluding hydrogens is 340 g/mol. The second-order valence-electron chi connectivity index (χ2n) is 6.86. The Labute approximate surface area is 157 Å². The highest BCUT2D eigenvalue weighted by atomic mass is 32.1. The van der Waals surface area contributed by atoms with Gasteiger partial charge in [-0.05, 0) is 73.6 Å². The third kappa shape index (κ3) is 3.17. The summed E-state index contributed by atoms with van der Waals surface area (Å²) in [7, 11) is 0. The molecule has 1 heterocycles. The fourth-order valence-electron chi connectivity index (χ4n) is 3.59. The number of nitrogens with zero attached hydrogens (tertiary/aromatic N) is 2. The summed E-state index contributed by atoms with van der Waals surface area (Å²) in [6, 6.07) is 12.4. The fraction of sp³-hybridized carbons (Fsp3) is 0.273. The number of benzene rings is 2. The summed E-state index contributed by atoms with van der Waals surface area (Å²) in [5.74, 6) is -0.167. The molecule has 0 atom stereocenters. The van der Waals surface area contributed by atoms with E-state index in [-0.39, 0.29) is 5.91 Å². The Kier molecular flexibility index (Phi) is 4.60. The second kappa shape index (κ2) is 7.04. The maximum Gasteiger partial charge on any atom is 0.279 e. The first-order chi connectivity index (χ1) is 12.7. The molecule has 1 amide bonds. The molecule has 0 fully saturated rings. The van der Waals surface area contributed by atoms with Crippen LogP contribution in [-0.4, -0.2) is 10.5 Å². The number of carbonyl (C=O) groups excluding carboxylic acids is 1. The lowest BCUT2D eigenvalue weighted by atomic mass is 9.90. The molecule has 1 aromatic heterocycles. The van der Waals surface area contributed by atoms with E-state index < -0.39 is 0 Å². The number of allylic oxidation sites excluding steroid dienone is 1. The van der Waals surface area contributed by atoms with Gasteiger partial charge in [-0.2, -0.15) is 4.99 Å². The van der Waals surface area contributed by atoms with E-state index in [2.05, 4.69) is 47.3 Å². The summed E-state index contributed by atoms with van der Waals surface area (Å²) in [6.07, 6.45) is 6.48. The Balaban J connectivity index is 1.79. The minimum absolute atomic E-state index is 0.167. The van der Waals surface area contributed by atoms with Crippen LogP contribution < -0.4 is 4.80 Å². The average Bonchev–Trinajstić information content (AvgIpc) is 2.98. The quantitative estimate of drug-likeness (QED) is 0.615. The monoisotopic (exact) mass is 362 g/mol. The van der Waals surface area contributed by atoms with Crippen molar-refractivity contribution < 1.29 is 4.79 Å². The Morgan fingerprint density at radius 1 is 1.19 bits per heavy atom. The lowest BCUT2D eigenvalue weighted by molar-refractivity contribution is 0.0997. The first-order valence-electron chi connectivity index (χ1n) is 9.07. The van der Waals surface area contributed by atoms with Crippen molar-refractivity contribution in [2.24, 2.45) is 4.99 Å². The minimum Gasteiger partial charge on any atom is -0.312 e. The topological polar surface area (TPSA) is 34.4 Å². The van der Waals surface area contributed by atoms with Crippen LogP contribution >= 0.6 is 11.3 Å². The van der Waals surface area contributed by atoms with Gasteiger partial charge in [0, 0.05) is 12.1 Å². The van der Waals surface area contributed by atoms with Crippen molar-refractivity contribution in [1.29, 1.82) is 0 Å². The molecule has 0 spiro atoms. The van der Waals surface area contributed by atoms with Crippen LogP contribution in [0.4, 0.5) is 0 Å². The van der Waals surface area contributed by atoms with Crippen LogP contribution in [0, 0.1) is 6.92 Å². The Morgan fingerprint density at radius 2 is 2.00 bits per heavy atom. The van der Waals surface area contributed by atoms with Crippen LogP contribution in [0.3, 0.4) is 0 Å². The van der Waals surface area contributed by atoms with Gasteiger partial charge in [0.15, 0.2) is 4.80 Å². The number of carbonyl (C=O) groups is 1. The van der Waals surface area contributed by atoms with E-state index in [1.807, 2.05) is 18.2 Å². The van der Waals surface area contributed by atoms with E-state index in [0.717, 1.165) is 27.9 Å². The van der Waals surface area contributed by atoms with Crippen molar-refractivity contribution in [2.45, 2.75) is 39.2 Å². The second-order valence-corrected chi connectivity index (χ2v) is 7.87. The van der Waals surface area contributed by atoms with Gasteiger partial charge in [0.25, 0.3) is 5.91 Å². The molecular formula is C22H22N2OS. The van der Waals surface area contributed by atoms with Crippen molar-refractivity contribution in [3.05, 3.63) is 76.1 Å². The van der Waals surface area contributed by atoms with Crippen LogP contribution in [0.1, 0.15) is 39.9 Å². The molecule has 0 saturated heterocycles. The van der Waals surface area contributed by atoms with E-state index in [1.165, 1.54) is 29.5 Å². The predicted molar refractivity (Wildman–Crippen MR) is 108 cm³/mol. The molecule has 1 aliphatic rings. The molecule has 0 bridgehead atoms. The summed E-state index contributed by atoms with van der Waals surface area (Å²) in [6.45, 7) is 6.56. The molecule has 26 heavy (non-hydrogen) atoms. The molecule has 1 aliphatic carbocycles. The minimum atomic E-state index is -0.167. The van der Waals surface area contributed by atoms with Crippen LogP contribution in [0.15, 0.2) is 54.0 Å². The molecule has 4 rings (SSSR count). The normalized spacial score (nSPS) is 14.4. The smallest absolute Gasteiger partial charge is 0.279 e. The Morgan fingerprint density at radius 3 is 2.81 bits per heavy atom. The first-order valence-corrected chi connectivity index (χ1v) is 9.89. The van der Waals surface area contributed by atoms with Gasteiger partial charge in [-0.15, -0.1) is 6.58 Å². The molecule has 0 N–H and O–H groups in total. The fourth-order valence-corrected chi connectivity index (χ4v) is 4.73. The largest absolute Gasteiger partial charge is 0.312 e. The van der Waals surface area contributed by atoms with Gasteiger partial charge in [0.1, 0.15) is 0 Å². The SMILES string of the molecule is C=CCn1c(=NC(=O)c2ccc3c(c2)CCCC3)sc2cc(C)ccc21. The van der Waals surface area contributed by atoms with Gasteiger partial charge < -0.3 is 4.57 Å². The molecule has 2 aromatic carbocycles. The van der Waals surface area contributed by atoms with Gasteiger partial charge in [-0.3, -0.25) is 4.79 Å². The molecule has 4 heteroatoms. The number of thiazole rings is 1. The third-order valence-electron chi connectivity index (χ3n) is 4.94. The van der Waals surface area contributed by atoms with Gasteiger partial charge in [-0.1, -0.05) is 29.5 Å². The Bertz CT molecular complexity index is 1070. The van der Waals surface area contributed by atoms with Crippen molar-refractivity contribution in [3.8, 4) is 0 Å². The standard InChI is InChI=1S/C22H22N2OS/c1-3-12-24-19-11-8-15(2)13-20(19)26-22(24)23-21(25)18-10-9-16-6-4-5-7-17(16)14-18/h3,8-11,13-14H,1,4-7,12H2,2H3. The Hall–Kier alpha value is -2.46. The van der Waals surface area contributed by atoms with Gasteiger partial charge in [-0.25, -0.2) is 0 Å². The average molecular weight is 362 g/mol. The van der Waals surface area contributed by atoms with Crippen molar-refractivity contribution >= 4 is 27.5 Å². The van der Waals surface area contributed by atoms with E-state index >= 15 is 0 Å². The van der Waals surface area contributed by atoms with Crippen molar-refractivity contribution in [1.82, 2.24) is 4.57 Å². The summed E-state index contributed by atoms with van der Waals surface area (Å²) in [5, 5.41) is 0. The zero-order chi connectivity index (χ0) is 18.1. The number of fused-ring (bicyclic) bond motifs is 2. The lowest BCUT2D eigenvalue weighted by Gasteiger charge is -2.15. The van der Waals surface area contributed by atoms with Gasteiger partial charge in [0.05, 0.1) is 10.2 Å². The zero-order valence-corrected chi connectivity index (χ0v) is 15.8. The van der Waals surface area contributed by atoms with Crippen LogP contribution in [-0.2, 0) is 19.4 Å². The highest BCUT2D eigenvalue weighted by molar-refractivity contribution is 7.16. The summed E-state index contributed by atoms with van der Waals surface area (Å²) in [4.78, 5) is 18.0. The molecule has 3 aromatic rings. The van der Waals surface area contributed by atoms with Crippen LogP contribution in [0.25, 0.3) is 10.2 Å². The molecule has 132 valence electrons. The molecule has 0 saturated carbocycles. The summed E-state index contributed by atoms with van der Waals surface area (Å²) >= 11 is 1.56. The number of aromatic nitrogens is 1. The maximum atomic E-state index is 12.8. The van der Waals surface area contributed by atoms with Crippen molar-refractivity contribution in [2.75, 3.05) is 0 Å². The summed E-state index contributed by atoms with van der Waals surface area (Å²) < 4.78 is 3.20. The van der Waals surface area contributed by atoms with E-state index in [4.69, 9.17) is 0 Å². The van der Waals surface area contributed by atoms with Crippen LogP contribution in [0.2, 0.25) is 0 Å². The van der Waals surface area contributed by atoms with Gasteiger partial charge in [0.2, 0.25) is 0 Å². The van der Waals surface area contributed by atoms with Crippen LogP contribution in [0.5, 0.6) is 0 Å². The molecule has 0 unspecified atom stereocenters. The number of amides is 1. The molecule has 3 nitrogen and oxygen atoms in total. The number of hydrogen-bond donors (Lipinski definition) is 0. The number of hydrogen-bond acceptors (Lipinski definition) is 2. The molecule has 0 aliphatic heterocycles. The highest BCUT2D eigenvalue weighted by Crippen LogP contribution is 2.23. The maximum absolute atomic E-state index is 12.8. The lowest BCUT2D eigenvalue weighted by Crippen LogP contribution is -2.16. The predicted octanol–water partition coefficient (Wildman–Crippen LogP) is 4.82. The molecule has 0 radical (unpaired) electrons. The third-order valence-corrected chi connectivity index (χ3v) is 5.98. The van der Waals surface area contributed by atoms with E-state index in [0.29, 0.717) is 12.1 Å². The first kappa shape index (κ1) is 17.0. The number of aryl methyl sites for hydroxylation is 3. The van der Waals surface area contributed by atoms with Gasteiger partial charge >= 0.3 is 0 Å².